The number of alkyl halides is 1. The minimum Gasteiger partial charge on any atom is -0.367 e. The van der Waals surface area contributed by atoms with Crippen LogP contribution in [0.1, 0.15) is 18.9 Å². The molecule has 0 amide bonds. The Hall–Kier alpha value is -0.570. The minimum absolute atomic E-state index is 0.625. The lowest BCUT2D eigenvalue weighted by atomic mass is 10.2. The van der Waals surface area contributed by atoms with Crippen LogP contribution in [-0.4, -0.2) is 22.4 Å². The molecule has 0 bridgehead atoms. The Morgan fingerprint density at radius 2 is 2.36 bits per heavy atom. The molecule has 1 aliphatic rings. The maximum Gasteiger partial charge on any atom is 0.0429 e. The highest BCUT2D eigenvalue weighted by molar-refractivity contribution is 9.09. The molecule has 1 aromatic rings. The van der Waals surface area contributed by atoms with Crippen LogP contribution in [0.15, 0.2) is 18.5 Å². The van der Waals surface area contributed by atoms with Gasteiger partial charge in [0.2, 0.25) is 0 Å². The Labute approximate surface area is 93.5 Å². The van der Waals surface area contributed by atoms with E-state index in [2.05, 4.69) is 45.7 Å². The monoisotopic (exact) mass is 254 g/mol. The normalized spacial score (nSPS) is 26.9. The number of anilines is 1. The van der Waals surface area contributed by atoms with Crippen LogP contribution in [0.25, 0.3) is 0 Å². The van der Waals surface area contributed by atoms with Gasteiger partial charge in [-0.3, -0.25) is 4.98 Å². The minimum atomic E-state index is 0.625. The lowest BCUT2D eigenvalue weighted by Crippen LogP contribution is -2.27. The van der Waals surface area contributed by atoms with Crippen molar-refractivity contribution in [3.8, 4) is 0 Å². The van der Waals surface area contributed by atoms with Crippen molar-refractivity contribution in [1.82, 2.24) is 4.98 Å². The molecule has 2 unspecified atom stereocenters. The van der Waals surface area contributed by atoms with Crippen LogP contribution in [-0.2, 0) is 0 Å². The van der Waals surface area contributed by atoms with E-state index in [1.165, 1.54) is 17.7 Å². The van der Waals surface area contributed by atoms with Crippen LogP contribution in [0.3, 0.4) is 0 Å². The zero-order valence-corrected chi connectivity index (χ0v) is 10.2. The summed E-state index contributed by atoms with van der Waals surface area (Å²) in [6.07, 6.45) is 5.03. The number of hydrogen-bond acceptors (Lipinski definition) is 2. The Kier molecular flexibility index (Phi) is 2.77. The van der Waals surface area contributed by atoms with E-state index in [-0.39, 0.29) is 0 Å². The molecule has 2 nitrogen and oxygen atoms in total. The number of aryl methyl sites for hydroxylation is 1. The van der Waals surface area contributed by atoms with Crippen molar-refractivity contribution in [3.63, 3.8) is 0 Å². The lowest BCUT2D eigenvalue weighted by molar-refractivity contribution is 0.736. The third-order valence-electron chi connectivity index (χ3n) is 2.82. The summed E-state index contributed by atoms with van der Waals surface area (Å²) in [6.45, 7) is 5.50. The van der Waals surface area contributed by atoms with Gasteiger partial charge in [-0.2, -0.15) is 0 Å². The van der Waals surface area contributed by atoms with Gasteiger partial charge in [0.15, 0.2) is 0 Å². The summed E-state index contributed by atoms with van der Waals surface area (Å²) < 4.78 is 0. The summed E-state index contributed by atoms with van der Waals surface area (Å²) in [7, 11) is 0. The van der Waals surface area contributed by atoms with E-state index in [9.17, 15) is 0 Å². The second-order valence-electron chi connectivity index (χ2n) is 4.00. The third kappa shape index (κ3) is 1.78. The molecular formula is C11H15BrN2. The molecule has 0 aliphatic carbocycles. The van der Waals surface area contributed by atoms with Crippen molar-refractivity contribution in [2.45, 2.75) is 31.1 Å². The standard InChI is InChI=1S/C11H15BrN2/c1-8-6-13-4-3-11(8)14-7-10(12)5-9(14)2/h3-4,6,9-10H,5,7H2,1-2H3. The topological polar surface area (TPSA) is 16.1 Å². The predicted octanol–water partition coefficient (Wildman–Crippen LogP) is 2.75. The highest BCUT2D eigenvalue weighted by Crippen LogP contribution is 2.30. The second-order valence-corrected chi connectivity index (χ2v) is 5.29. The van der Waals surface area contributed by atoms with Crippen molar-refractivity contribution in [3.05, 3.63) is 24.0 Å². The largest absolute Gasteiger partial charge is 0.367 e. The summed E-state index contributed by atoms with van der Waals surface area (Å²) >= 11 is 3.68. The zero-order valence-electron chi connectivity index (χ0n) is 8.57. The van der Waals surface area contributed by atoms with Crippen molar-refractivity contribution < 1.29 is 0 Å². The van der Waals surface area contributed by atoms with Gasteiger partial charge in [0.05, 0.1) is 0 Å². The first kappa shape index (κ1) is 9.97. The quantitative estimate of drug-likeness (QED) is 0.717. The van der Waals surface area contributed by atoms with Crippen molar-refractivity contribution >= 4 is 21.6 Å². The Morgan fingerprint density at radius 3 is 2.93 bits per heavy atom. The third-order valence-corrected chi connectivity index (χ3v) is 3.49. The van der Waals surface area contributed by atoms with Crippen molar-refractivity contribution in [2.24, 2.45) is 0 Å². The summed E-state index contributed by atoms with van der Waals surface area (Å²) in [5.41, 5.74) is 2.59. The summed E-state index contributed by atoms with van der Waals surface area (Å²) in [4.78, 5) is 7.21. The number of aromatic nitrogens is 1. The molecule has 2 rings (SSSR count). The van der Waals surface area contributed by atoms with Crippen LogP contribution in [0.4, 0.5) is 5.69 Å². The molecule has 1 aliphatic heterocycles. The first-order valence-corrected chi connectivity index (χ1v) is 5.91. The summed E-state index contributed by atoms with van der Waals surface area (Å²) in [6, 6.07) is 2.73. The molecule has 0 radical (unpaired) electrons. The van der Waals surface area contributed by atoms with E-state index in [0.717, 1.165) is 6.54 Å². The molecule has 1 saturated heterocycles. The van der Waals surface area contributed by atoms with Gasteiger partial charge in [-0.25, -0.2) is 0 Å². The maximum atomic E-state index is 4.12. The molecule has 0 aromatic carbocycles. The fourth-order valence-corrected chi connectivity index (χ4v) is 2.94. The van der Waals surface area contributed by atoms with Crippen LogP contribution >= 0.6 is 15.9 Å². The Morgan fingerprint density at radius 1 is 1.57 bits per heavy atom. The highest BCUT2D eigenvalue weighted by Gasteiger charge is 2.27. The number of nitrogens with zero attached hydrogens (tertiary/aromatic N) is 2. The lowest BCUT2D eigenvalue weighted by Gasteiger charge is -2.25. The average molecular weight is 255 g/mol. The van der Waals surface area contributed by atoms with Gasteiger partial charge in [0.25, 0.3) is 0 Å². The molecule has 3 heteroatoms. The van der Waals surface area contributed by atoms with Crippen LogP contribution in [0.5, 0.6) is 0 Å². The first-order chi connectivity index (χ1) is 6.68. The molecule has 2 atom stereocenters. The SMILES string of the molecule is Cc1cnccc1N1CC(Br)CC1C. The molecule has 2 heterocycles. The van der Waals surface area contributed by atoms with Crippen LogP contribution < -0.4 is 4.90 Å². The molecule has 14 heavy (non-hydrogen) atoms. The van der Waals surface area contributed by atoms with Gasteiger partial charge in [0, 0.05) is 35.5 Å². The van der Waals surface area contributed by atoms with E-state index in [4.69, 9.17) is 0 Å². The van der Waals surface area contributed by atoms with E-state index in [1.54, 1.807) is 0 Å². The fraction of sp³-hybridized carbons (Fsp3) is 0.545. The van der Waals surface area contributed by atoms with Crippen molar-refractivity contribution in [1.29, 1.82) is 0 Å². The van der Waals surface area contributed by atoms with Gasteiger partial charge in [-0.05, 0) is 31.9 Å². The Bertz CT molecular complexity index is 327. The predicted molar refractivity (Wildman–Crippen MR) is 63.1 cm³/mol. The van der Waals surface area contributed by atoms with Gasteiger partial charge in [-0.1, -0.05) is 15.9 Å². The highest BCUT2D eigenvalue weighted by atomic mass is 79.9. The second kappa shape index (κ2) is 3.89. The van der Waals surface area contributed by atoms with Gasteiger partial charge in [0.1, 0.15) is 0 Å². The molecule has 0 N–H and O–H groups in total. The van der Waals surface area contributed by atoms with Gasteiger partial charge in [-0.15, -0.1) is 0 Å². The maximum absolute atomic E-state index is 4.12. The van der Waals surface area contributed by atoms with E-state index >= 15 is 0 Å². The number of halogens is 1. The molecular weight excluding hydrogens is 240 g/mol. The van der Waals surface area contributed by atoms with Crippen LogP contribution in [0, 0.1) is 6.92 Å². The summed E-state index contributed by atoms with van der Waals surface area (Å²) in [5.74, 6) is 0. The molecule has 1 fully saturated rings. The zero-order chi connectivity index (χ0) is 10.1. The number of pyridine rings is 1. The molecule has 76 valence electrons. The first-order valence-electron chi connectivity index (χ1n) is 5.00. The van der Waals surface area contributed by atoms with E-state index in [1.807, 2.05) is 12.4 Å². The Balaban J connectivity index is 2.27. The van der Waals surface area contributed by atoms with Crippen molar-refractivity contribution in [2.75, 3.05) is 11.4 Å². The summed E-state index contributed by atoms with van der Waals surface area (Å²) in [5, 5.41) is 0. The van der Waals surface area contributed by atoms with Crippen LogP contribution in [0.2, 0.25) is 0 Å². The number of rotatable bonds is 1. The van der Waals surface area contributed by atoms with Gasteiger partial charge >= 0.3 is 0 Å². The van der Waals surface area contributed by atoms with Gasteiger partial charge < -0.3 is 4.90 Å². The molecule has 1 aromatic heterocycles. The molecule has 0 saturated carbocycles. The smallest absolute Gasteiger partial charge is 0.0429 e. The van der Waals surface area contributed by atoms with E-state index < -0.39 is 0 Å². The average Bonchev–Trinajstić information content (AvgIpc) is 2.46. The van der Waals surface area contributed by atoms with E-state index in [0.29, 0.717) is 10.9 Å². The number of hydrogen-bond donors (Lipinski definition) is 0. The fourth-order valence-electron chi connectivity index (χ4n) is 2.09. The molecule has 0 spiro atoms.